The van der Waals surface area contributed by atoms with Gasteiger partial charge in [-0.1, -0.05) is 87.4 Å². The first-order chi connectivity index (χ1) is 23.6. The second-order valence-corrected chi connectivity index (χ2v) is 12.7. The Morgan fingerprint density at radius 2 is 1.50 bits per heavy atom. The number of hydrogen-bond acceptors (Lipinski definition) is 4. The first-order valence-electron chi connectivity index (χ1n) is 17.3. The maximum atomic E-state index is 7.55. The second-order valence-electron chi connectivity index (χ2n) is 12.7. The maximum absolute atomic E-state index is 7.55. The molecule has 5 aromatic carbocycles. The van der Waals surface area contributed by atoms with Gasteiger partial charge < -0.3 is 18.9 Å². The number of methoxy groups -OCH3 is 2. The van der Waals surface area contributed by atoms with Crippen LogP contribution in [0.1, 0.15) is 73.8 Å². The minimum absolute atomic E-state index is 0.696. The van der Waals surface area contributed by atoms with E-state index in [2.05, 4.69) is 98.8 Å². The van der Waals surface area contributed by atoms with Gasteiger partial charge in [-0.05, 0) is 101 Å². The molecule has 0 unspecified atom stereocenters. The molecule has 244 valence electrons. The SMILES string of the molecule is CCCC=C(CCCC)c1c2c(c3cc4c(cc3c1-c1ccccc1)CCO4)OC(c1ccc(OC)cc1)(c1ccc(OC)cc1)C=C2. The van der Waals surface area contributed by atoms with Crippen molar-refractivity contribution in [2.45, 2.75) is 58.0 Å². The van der Waals surface area contributed by atoms with Gasteiger partial charge in [0.05, 0.1) is 20.8 Å². The van der Waals surface area contributed by atoms with Crippen LogP contribution in [0.3, 0.4) is 0 Å². The molecule has 0 amide bonds. The number of unbranched alkanes of at least 4 members (excludes halogenated alkanes) is 2. The number of rotatable bonds is 11. The smallest absolute Gasteiger partial charge is 0.178 e. The zero-order valence-electron chi connectivity index (χ0n) is 28.5. The molecule has 0 N–H and O–H groups in total. The average molecular weight is 637 g/mol. The summed E-state index contributed by atoms with van der Waals surface area (Å²) < 4.78 is 24.8. The van der Waals surface area contributed by atoms with E-state index < -0.39 is 5.60 Å². The summed E-state index contributed by atoms with van der Waals surface area (Å²) in [6.45, 7) is 5.23. The molecule has 2 aliphatic heterocycles. The summed E-state index contributed by atoms with van der Waals surface area (Å²) in [6.07, 6.45) is 13.3. The maximum Gasteiger partial charge on any atom is 0.178 e. The molecule has 0 fully saturated rings. The molecule has 2 heterocycles. The van der Waals surface area contributed by atoms with E-state index in [0.717, 1.165) is 83.6 Å². The topological polar surface area (TPSA) is 36.9 Å². The third kappa shape index (κ3) is 5.64. The predicted molar refractivity (Wildman–Crippen MR) is 197 cm³/mol. The van der Waals surface area contributed by atoms with E-state index >= 15 is 0 Å². The van der Waals surface area contributed by atoms with Crippen molar-refractivity contribution < 1.29 is 18.9 Å². The monoisotopic (exact) mass is 636 g/mol. The quantitative estimate of drug-likeness (QED) is 0.145. The van der Waals surface area contributed by atoms with Crippen molar-refractivity contribution >= 4 is 22.4 Å². The van der Waals surface area contributed by atoms with Gasteiger partial charge in [0, 0.05) is 28.5 Å². The molecular weight excluding hydrogens is 592 g/mol. The van der Waals surface area contributed by atoms with Gasteiger partial charge in [-0.15, -0.1) is 0 Å². The minimum Gasteiger partial charge on any atom is -0.497 e. The Labute approximate surface area is 284 Å². The normalized spacial score (nSPS) is 14.6. The molecule has 4 heteroatoms. The van der Waals surface area contributed by atoms with E-state index in [1.54, 1.807) is 14.2 Å². The van der Waals surface area contributed by atoms with E-state index in [4.69, 9.17) is 18.9 Å². The van der Waals surface area contributed by atoms with Crippen molar-refractivity contribution in [3.8, 4) is 34.1 Å². The van der Waals surface area contributed by atoms with Crippen LogP contribution in [0, 0.1) is 0 Å². The largest absolute Gasteiger partial charge is 0.497 e. The van der Waals surface area contributed by atoms with Gasteiger partial charge in [0.2, 0.25) is 0 Å². The summed E-state index contributed by atoms with van der Waals surface area (Å²) in [7, 11) is 3.39. The Bertz CT molecular complexity index is 1920. The Morgan fingerprint density at radius 1 is 0.812 bits per heavy atom. The Hall–Kier alpha value is -4.96. The van der Waals surface area contributed by atoms with Crippen molar-refractivity contribution in [2.24, 2.45) is 0 Å². The first-order valence-corrected chi connectivity index (χ1v) is 17.3. The highest BCUT2D eigenvalue weighted by atomic mass is 16.5. The molecule has 0 aliphatic carbocycles. The lowest BCUT2D eigenvalue weighted by atomic mass is 9.79. The van der Waals surface area contributed by atoms with Crippen LogP contribution in [-0.4, -0.2) is 20.8 Å². The molecule has 7 rings (SSSR count). The van der Waals surface area contributed by atoms with E-state index in [-0.39, 0.29) is 0 Å². The summed E-state index contributed by atoms with van der Waals surface area (Å²) >= 11 is 0. The predicted octanol–water partition coefficient (Wildman–Crippen LogP) is 11.2. The van der Waals surface area contributed by atoms with Crippen LogP contribution in [-0.2, 0) is 12.0 Å². The van der Waals surface area contributed by atoms with E-state index in [0.29, 0.717) is 6.61 Å². The third-order valence-electron chi connectivity index (χ3n) is 9.76. The van der Waals surface area contributed by atoms with Crippen molar-refractivity contribution in [1.82, 2.24) is 0 Å². The van der Waals surface area contributed by atoms with Crippen molar-refractivity contribution in [1.29, 1.82) is 0 Å². The van der Waals surface area contributed by atoms with Gasteiger partial charge in [-0.2, -0.15) is 0 Å². The molecule has 0 bridgehead atoms. The van der Waals surface area contributed by atoms with Crippen molar-refractivity contribution in [3.05, 3.63) is 131 Å². The summed E-state index contributed by atoms with van der Waals surface area (Å²) in [4.78, 5) is 0. The van der Waals surface area contributed by atoms with Gasteiger partial charge in [0.1, 0.15) is 23.0 Å². The molecule has 0 atom stereocenters. The number of ether oxygens (including phenoxy) is 4. The molecular formula is C44H44O4. The number of fused-ring (bicyclic) bond motifs is 4. The fourth-order valence-corrected chi connectivity index (χ4v) is 7.22. The highest BCUT2D eigenvalue weighted by molar-refractivity contribution is 6.09. The number of benzene rings is 5. The standard InChI is InChI=1S/C44H44O4/c1-5-7-12-30(13-8-6-2)41-37-24-26-44(33-16-20-35(45-3)21-17-33,34-18-22-36(46-4)23-19-34)48-43(37)39-29-40-32(25-27-47-40)28-38(39)42(41)31-14-10-9-11-15-31/h9-12,14-24,26,28-29H,5-8,13,25,27H2,1-4H3. The summed E-state index contributed by atoms with van der Waals surface area (Å²) in [5.41, 5.74) is 8.67. The third-order valence-corrected chi connectivity index (χ3v) is 9.76. The highest BCUT2D eigenvalue weighted by Gasteiger charge is 2.40. The van der Waals surface area contributed by atoms with Crippen LogP contribution < -0.4 is 18.9 Å². The molecule has 0 radical (unpaired) electrons. The molecule has 0 spiro atoms. The molecule has 0 aromatic heterocycles. The lowest BCUT2D eigenvalue weighted by molar-refractivity contribution is 0.163. The molecule has 48 heavy (non-hydrogen) atoms. The number of hydrogen-bond donors (Lipinski definition) is 0. The fourth-order valence-electron chi connectivity index (χ4n) is 7.22. The fraction of sp³-hybridized carbons (Fsp3) is 0.273. The van der Waals surface area contributed by atoms with Gasteiger partial charge in [-0.3, -0.25) is 0 Å². The lowest BCUT2D eigenvalue weighted by Gasteiger charge is -2.38. The molecule has 2 aliphatic rings. The average Bonchev–Trinajstić information content (AvgIpc) is 3.61. The second kappa shape index (κ2) is 13.6. The Morgan fingerprint density at radius 3 is 2.12 bits per heavy atom. The van der Waals surface area contributed by atoms with Gasteiger partial charge >= 0.3 is 0 Å². The van der Waals surface area contributed by atoms with E-state index in [1.807, 2.05) is 24.3 Å². The molecule has 0 saturated heterocycles. The molecule has 5 aromatic rings. The molecule has 0 saturated carbocycles. The van der Waals surface area contributed by atoms with Crippen LogP contribution in [0.4, 0.5) is 0 Å². The van der Waals surface area contributed by atoms with Gasteiger partial charge in [0.15, 0.2) is 5.60 Å². The van der Waals surface area contributed by atoms with Crippen molar-refractivity contribution in [2.75, 3.05) is 20.8 Å². The van der Waals surface area contributed by atoms with E-state index in [1.165, 1.54) is 33.2 Å². The first kappa shape index (κ1) is 31.6. The van der Waals surface area contributed by atoms with Crippen LogP contribution in [0.25, 0.3) is 33.5 Å². The Kier molecular flexibility index (Phi) is 8.99. The van der Waals surface area contributed by atoms with Gasteiger partial charge in [-0.25, -0.2) is 0 Å². The lowest BCUT2D eigenvalue weighted by Crippen LogP contribution is -2.34. The van der Waals surface area contributed by atoms with Crippen LogP contribution in [0.5, 0.6) is 23.0 Å². The minimum atomic E-state index is -0.888. The Balaban J connectivity index is 1.57. The van der Waals surface area contributed by atoms with Crippen molar-refractivity contribution in [3.63, 3.8) is 0 Å². The number of allylic oxidation sites excluding steroid dienone is 2. The highest BCUT2D eigenvalue weighted by Crippen LogP contribution is 2.53. The summed E-state index contributed by atoms with van der Waals surface area (Å²) in [6, 6.07) is 31.9. The summed E-state index contributed by atoms with van der Waals surface area (Å²) in [5, 5.41) is 2.26. The zero-order valence-corrected chi connectivity index (χ0v) is 28.5. The van der Waals surface area contributed by atoms with E-state index in [9.17, 15) is 0 Å². The van der Waals surface area contributed by atoms with Crippen LogP contribution >= 0.6 is 0 Å². The summed E-state index contributed by atoms with van der Waals surface area (Å²) in [5.74, 6) is 3.43. The van der Waals surface area contributed by atoms with Crippen LogP contribution in [0.15, 0.2) is 103 Å². The van der Waals surface area contributed by atoms with Gasteiger partial charge in [0.25, 0.3) is 0 Å². The zero-order chi connectivity index (χ0) is 33.1. The molecule has 4 nitrogen and oxygen atoms in total. The van der Waals surface area contributed by atoms with Crippen LogP contribution in [0.2, 0.25) is 0 Å².